The van der Waals surface area contributed by atoms with Crippen molar-refractivity contribution in [2.75, 3.05) is 37.5 Å². The number of anilines is 2. The molecule has 8 nitrogen and oxygen atoms in total. The number of rotatable bonds is 10. The van der Waals surface area contributed by atoms with Crippen molar-refractivity contribution in [2.24, 2.45) is 0 Å². The predicted octanol–water partition coefficient (Wildman–Crippen LogP) is 3.68. The highest BCUT2D eigenvalue weighted by atomic mass is 16.5. The van der Waals surface area contributed by atoms with Gasteiger partial charge in [0.15, 0.2) is 11.5 Å². The van der Waals surface area contributed by atoms with Crippen LogP contribution in [0.3, 0.4) is 0 Å². The summed E-state index contributed by atoms with van der Waals surface area (Å²) in [4.78, 5) is 31.7. The summed E-state index contributed by atoms with van der Waals surface area (Å²) >= 11 is 0. The number of benzene rings is 2. The summed E-state index contributed by atoms with van der Waals surface area (Å²) in [5, 5.41) is 3.36. The molecule has 3 rings (SSSR count). The molecule has 32 heavy (non-hydrogen) atoms. The normalized spacial score (nSPS) is 10.8. The van der Waals surface area contributed by atoms with Gasteiger partial charge >= 0.3 is 0 Å². The van der Waals surface area contributed by atoms with Crippen molar-refractivity contribution in [1.82, 2.24) is 9.55 Å². The van der Waals surface area contributed by atoms with Gasteiger partial charge in [-0.25, -0.2) is 4.98 Å². The second kappa shape index (κ2) is 10.7. The third-order valence-corrected chi connectivity index (χ3v) is 5.41. The number of nitrogens with zero attached hydrogens (tertiary/aromatic N) is 3. The van der Waals surface area contributed by atoms with E-state index < -0.39 is 0 Å². The van der Waals surface area contributed by atoms with E-state index in [9.17, 15) is 9.59 Å². The maximum atomic E-state index is 12.8. The number of aromatic nitrogens is 2. The SMILES string of the molecule is CCN(CC)c1ccc(NC(=O)CCCn2cnc3cc(OC)c(OC)cc3c2=O)cc1. The number of carbonyl (C=O) groups is 1. The zero-order chi connectivity index (χ0) is 23.1. The summed E-state index contributed by atoms with van der Waals surface area (Å²) in [7, 11) is 3.06. The Hall–Kier alpha value is -3.55. The van der Waals surface area contributed by atoms with Gasteiger partial charge in [-0.05, 0) is 50.6 Å². The molecule has 1 aromatic heterocycles. The number of fused-ring (bicyclic) bond motifs is 1. The zero-order valence-corrected chi connectivity index (χ0v) is 19.1. The lowest BCUT2D eigenvalue weighted by Crippen LogP contribution is -2.22. The molecule has 0 fully saturated rings. The van der Waals surface area contributed by atoms with E-state index in [2.05, 4.69) is 29.0 Å². The molecule has 0 bridgehead atoms. The number of hydrogen-bond acceptors (Lipinski definition) is 6. The number of aryl methyl sites for hydroxylation is 1. The molecule has 0 unspecified atom stereocenters. The van der Waals surface area contributed by atoms with Crippen LogP contribution in [-0.4, -0.2) is 42.8 Å². The fourth-order valence-electron chi connectivity index (χ4n) is 3.62. The number of carbonyl (C=O) groups excluding carboxylic acids is 1. The summed E-state index contributed by atoms with van der Waals surface area (Å²) < 4.78 is 12.1. The molecule has 170 valence electrons. The molecular weight excluding hydrogens is 408 g/mol. The van der Waals surface area contributed by atoms with Gasteiger partial charge in [0.2, 0.25) is 5.91 Å². The van der Waals surface area contributed by atoms with Crippen molar-refractivity contribution in [3.63, 3.8) is 0 Å². The average molecular weight is 439 g/mol. The third kappa shape index (κ3) is 5.19. The first-order valence-electron chi connectivity index (χ1n) is 10.8. The molecule has 0 spiro atoms. The van der Waals surface area contributed by atoms with Gasteiger partial charge in [-0.1, -0.05) is 0 Å². The lowest BCUT2D eigenvalue weighted by atomic mass is 10.2. The standard InChI is InChI=1S/C24H30N4O4/c1-5-27(6-2)18-11-9-17(10-12-18)26-23(29)8-7-13-28-16-25-20-15-22(32-4)21(31-3)14-19(20)24(28)30/h9-12,14-16H,5-8,13H2,1-4H3,(H,26,29). The van der Waals surface area contributed by atoms with Crippen LogP contribution in [0, 0.1) is 0 Å². The Balaban J connectivity index is 1.60. The number of ether oxygens (including phenoxy) is 2. The smallest absolute Gasteiger partial charge is 0.261 e. The van der Waals surface area contributed by atoms with Crippen LogP contribution in [0.2, 0.25) is 0 Å². The van der Waals surface area contributed by atoms with E-state index in [0.717, 1.165) is 24.5 Å². The van der Waals surface area contributed by atoms with Gasteiger partial charge in [0, 0.05) is 43.5 Å². The van der Waals surface area contributed by atoms with Crippen molar-refractivity contribution >= 4 is 28.2 Å². The minimum absolute atomic E-state index is 0.0891. The summed E-state index contributed by atoms with van der Waals surface area (Å²) in [6.07, 6.45) is 2.32. The zero-order valence-electron chi connectivity index (χ0n) is 19.1. The van der Waals surface area contributed by atoms with Crippen molar-refractivity contribution in [3.05, 3.63) is 53.1 Å². The highest BCUT2D eigenvalue weighted by Crippen LogP contribution is 2.29. The van der Waals surface area contributed by atoms with Crippen LogP contribution in [0.15, 0.2) is 47.5 Å². The Morgan fingerprint density at radius 2 is 1.72 bits per heavy atom. The highest BCUT2D eigenvalue weighted by Gasteiger charge is 2.11. The van der Waals surface area contributed by atoms with Gasteiger partial charge in [0.25, 0.3) is 5.56 Å². The molecule has 1 N–H and O–H groups in total. The number of nitrogens with one attached hydrogen (secondary N) is 1. The van der Waals surface area contributed by atoms with Crippen LogP contribution >= 0.6 is 0 Å². The molecule has 2 aromatic carbocycles. The Labute approximate surface area is 187 Å². The highest BCUT2D eigenvalue weighted by molar-refractivity contribution is 5.90. The lowest BCUT2D eigenvalue weighted by molar-refractivity contribution is -0.116. The van der Waals surface area contributed by atoms with Crippen LogP contribution in [0.4, 0.5) is 11.4 Å². The first kappa shape index (κ1) is 23.1. The van der Waals surface area contributed by atoms with Crippen molar-refractivity contribution in [1.29, 1.82) is 0 Å². The van der Waals surface area contributed by atoms with E-state index in [1.165, 1.54) is 25.1 Å². The summed E-state index contributed by atoms with van der Waals surface area (Å²) in [6.45, 7) is 6.49. The van der Waals surface area contributed by atoms with Crippen molar-refractivity contribution < 1.29 is 14.3 Å². The number of methoxy groups -OCH3 is 2. The van der Waals surface area contributed by atoms with E-state index in [1.807, 2.05) is 24.3 Å². The van der Waals surface area contributed by atoms with Crippen LogP contribution in [-0.2, 0) is 11.3 Å². The molecule has 3 aromatic rings. The molecule has 0 radical (unpaired) electrons. The second-order valence-electron chi connectivity index (χ2n) is 7.34. The molecule has 0 atom stereocenters. The second-order valence-corrected chi connectivity index (χ2v) is 7.34. The molecule has 0 saturated carbocycles. The van der Waals surface area contributed by atoms with E-state index in [1.54, 1.807) is 12.1 Å². The van der Waals surface area contributed by atoms with Gasteiger partial charge in [0.05, 0.1) is 31.4 Å². The molecule has 0 aliphatic heterocycles. The molecule has 0 aliphatic rings. The van der Waals surface area contributed by atoms with Crippen LogP contribution < -0.4 is 25.2 Å². The fraction of sp³-hybridized carbons (Fsp3) is 0.375. The topological polar surface area (TPSA) is 85.7 Å². The van der Waals surface area contributed by atoms with Gasteiger partial charge < -0.3 is 19.7 Å². The van der Waals surface area contributed by atoms with E-state index in [4.69, 9.17) is 9.47 Å². The molecule has 1 amide bonds. The number of hydrogen-bond donors (Lipinski definition) is 1. The Morgan fingerprint density at radius 3 is 2.34 bits per heavy atom. The van der Waals surface area contributed by atoms with Gasteiger partial charge in [0.1, 0.15) is 0 Å². The van der Waals surface area contributed by atoms with Gasteiger partial charge in [-0.3, -0.25) is 14.2 Å². The van der Waals surface area contributed by atoms with E-state index >= 15 is 0 Å². The molecular formula is C24H30N4O4. The quantitative estimate of drug-likeness (QED) is 0.520. The average Bonchev–Trinajstić information content (AvgIpc) is 2.81. The first-order valence-corrected chi connectivity index (χ1v) is 10.8. The van der Waals surface area contributed by atoms with Crippen LogP contribution in [0.1, 0.15) is 26.7 Å². The third-order valence-electron chi connectivity index (χ3n) is 5.41. The van der Waals surface area contributed by atoms with Crippen molar-refractivity contribution in [2.45, 2.75) is 33.2 Å². The van der Waals surface area contributed by atoms with Crippen LogP contribution in [0.5, 0.6) is 11.5 Å². The Kier molecular flexibility index (Phi) is 7.70. The molecule has 1 heterocycles. The summed E-state index contributed by atoms with van der Waals surface area (Å²) in [6, 6.07) is 11.1. The van der Waals surface area contributed by atoms with Gasteiger partial charge in [-0.15, -0.1) is 0 Å². The molecule has 8 heteroatoms. The van der Waals surface area contributed by atoms with Crippen molar-refractivity contribution in [3.8, 4) is 11.5 Å². The Morgan fingerprint density at radius 1 is 1.06 bits per heavy atom. The largest absolute Gasteiger partial charge is 0.493 e. The minimum Gasteiger partial charge on any atom is -0.493 e. The summed E-state index contributed by atoms with van der Waals surface area (Å²) in [5.74, 6) is 0.906. The van der Waals surface area contributed by atoms with Gasteiger partial charge in [-0.2, -0.15) is 0 Å². The maximum Gasteiger partial charge on any atom is 0.261 e. The first-order chi connectivity index (χ1) is 15.5. The van der Waals surface area contributed by atoms with E-state index in [-0.39, 0.29) is 11.5 Å². The molecule has 0 aliphatic carbocycles. The fourth-order valence-corrected chi connectivity index (χ4v) is 3.62. The summed E-state index contributed by atoms with van der Waals surface area (Å²) in [5.41, 5.74) is 2.25. The molecule has 0 saturated heterocycles. The number of amides is 1. The monoisotopic (exact) mass is 438 g/mol. The maximum absolute atomic E-state index is 12.8. The predicted molar refractivity (Wildman–Crippen MR) is 127 cm³/mol. The van der Waals surface area contributed by atoms with E-state index in [0.29, 0.717) is 41.8 Å². The minimum atomic E-state index is -0.177. The van der Waals surface area contributed by atoms with Crippen LogP contribution in [0.25, 0.3) is 10.9 Å². The Bertz CT molecular complexity index is 1120. The lowest BCUT2D eigenvalue weighted by Gasteiger charge is -2.21.